The summed E-state index contributed by atoms with van der Waals surface area (Å²) in [7, 11) is 0. The van der Waals surface area contributed by atoms with E-state index in [1.54, 1.807) is 17.5 Å². The standard InChI is InChI=1S/C17H17N3OS/c1-13(16-7-3-10-22-16)19-17(21)15-6-2-5-14(11-15)12-20-9-4-8-18-20/h2-11,13H,12H2,1H3,(H,19,21)/t13-/m1/s1. The summed E-state index contributed by atoms with van der Waals surface area (Å²) in [5.41, 5.74) is 1.73. The minimum Gasteiger partial charge on any atom is -0.345 e. The molecule has 3 aromatic rings. The number of aromatic nitrogens is 2. The molecule has 1 aromatic carbocycles. The first kappa shape index (κ1) is 14.5. The third-order valence-electron chi connectivity index (χ3n) is 3.41. The largest absolute Gasteiger partial charge is 0.345 e. The molecular weight excluding hydrogens is 294 g/mol. The van der Waals surface area contributed by atoms with E-state index in [1.165, 1.54) is 0 Å². The summed E-state index contributed by atoms with van der Waals surface area (Å²) >= 11 is 1.65. The van der Waals surface area contributed by atoms with E-state index in [4.69, 9.17) is 0 Å². The Morgan fingerprint density at radius 3 is 2.95 bits per heavy atom. The molecule has 0 aliphatic rings. The number of hydrogen-bond donors (Lipinski definition) is 1. The highest BCUT2D eigenvalue weighted by Gasteiger charge is 2.12. The van der Waals surface area contributed by atoms with Crippen molar-refractivity contribution >= 4 is 17.2 Å². The number of amides is 1. The van der Waals surface area contributed by atoms with Crippen LogP contribution < -0.4 is 5.32 Å². The second kappa shape index (κ2) is 6.58. The SMILES string of the molecule is C[C@@H](NC(=O)c1cccc(Cn2cccn2)c1)c1cccs1. The molecule has 0 unspecified atom stereocenters. The van der Waals surface area contributed by atoms with Crippen LogP contribution in [0.25, 0.3) is 0 Å². The number of rotatable bonds is 5. The predicted octanol–water partition coefficient (Wildman–Crippen LogP) is 3.48. The smallest absolute Gasteiger partial charge is 0.251 e. The predicted molar refractivity (Wildman–Crippen MR) is 88.0 cm³/mol. The van der Waals surface area contributed by atoms with Crippen LogP contribution in [0.3, 0.4) is 0 Å². The Bertz CT molecular complexity index is 735. The molecule has 0 radical (unpaired) electrons. The lowest BCUT2D eigenvalue weighted by atomic mass is 10.1. The molecular formula is C17H17N3OS. The summed E-state index contributed by atoms with van der Waals surface area (Å²) in [5.74, 6) is -0.0526. The van der Waals surface area contributed by atoms with Crippen LogP contribution in [-0.2, 0) is 6.54 Å². The number of benzene rings is 1. The van der Waals surface area contributed by atoms with Crippen molar-refractivity contribution in [2.45, 2.75) is 19.5 Å². The normalized spacial score (nSPS) is 12.0. The lowest BCUT2D eigenvalue weighted by Gasteiger charge is -2.13. The van der Waals surface area contributed by atoms with Gasteiger partial charge in [0.05, 0.1) is 12.6 Å². The van der Waals surface area contributed by atoms with Crippen molar-refractivity contribution in [3.05, 3.63) is 76.2 Å². The molecule has 3 rings (SSSR count). The molecule has 1 amide bonds. The van der Waals surface area contributed by atoms with Crippen molar-refractivity contribution in [2.24, 2.45) is 0 Å². The Kier molecular flexibility index (Phi) is 4.34. The molecule has 0 aliphatic carbocycles. The van der Waals surface area contributed by atoms with Crippen LogP contribution in [0, 0.1) is 0 Å². The van der Waals surface area contributed by atoms with Crippen molar-refractivity contribution in [2.75, 3.05) is 0 Å². The van der Waals surface area contributed by atoms with Crippen LogP contribution in [0.5, 0.6) is 0 Å². The number of thiophene rings is 1. The molecule has 1 N–H and O–H groups in total. The highest BCUT2D eigenvalue weighted by Crippen LogP contribution is 2.18. The van der Waals surface area contributed by atoms with Gasteiger partial charge in [-0.25, -0.2) is 0 Å². The van der Waals surface area contributed by atoms with Crippen LogP contribution in [0.4, 0.5) is 0 Å². The topological polar surface area (TPSA) is 46.9 Å². The summed E-state index contributed by atoms with van der Waals surface area (Å²) < 4.78 is 1.84. The minimum atomic E-state index is -0.0526. The van der Waals surface area contributed by atoms with E-state index in [0.717, 1.165) is 10.4 Å². The fraction of sp³-hybridized carbons (Fsp3) is 0.176. The molecule has 22 heavy (non-hydrogen) atoms. The summed E-state index contributed by atoms with van der Waals surface area (Å²) in [5, 5.41) is 9.24. The van der Waals surface area contributed by atoms with Crippen LogP contribution in [0.15, 0.2) is 60.2 Å². The molecule has 1 atom stereocenters. The van der Waals surface area contributed by atoms with Crippen LogP contribution in [0.2, 0.25) is 0 Å². The van der Waals surface area contributed by atoms with Gasteiger partial charge in [0.25, 0.3) is 5.91 Å². The van der Waals surface area contributed by atoms with Crippen LogP contribution in [-0.4, -0.2) is 15.7 Å². The average Bonchev–Trinajstić information content (AvgIpc) is 3.20. The van der Waals surface area contributed by atoms with Gasteiger partial charge in [-0.2, -0.15) is 5.10 Å². The van der Waals surface area contributed by atoms with Gasteiger partial charge in [0, 0.05) is 22.8 Å². The van der Waals surface area contributed by atoms with E-state index >= 15 is 0 Å². The van der Waals surface area contributed by atoms with Gasteiger partial charge in [-0.05, 0) is 42.1 Å². The number of nitrogens with zero attached hydrogens (tertiary/aromatic N) is 2. The Morgan fingerprint density at radius 2 is 2.23 bits per heavy atom. The first-order chi connectivity index (χ1) is 10.7. The molecule has 4 nitrogen and oxygen atoms in total. The number of hydrogen-bond acceptors (Lipinski definition) is 3. The fourth-order valence-electron chi connectivity index (χ4n) is 2.28. The van der Waals surface area contributed by atoms with E-state index in [2.05, 4.69) is 10.4 Å². The van der Waals surface area contributed by atoms with Crippen molar-refractivity contribution in [3.63, 3.8) is 0 Å². The van der Waals surface area contributed by atoms with Gasteiger partial charge in [-0.1, -0.05) is 18.2 Å². The first-order valence-corrected chi connectivity index (χ1v) is 8.01. The van der Waals surface area contributed by atoms with E-state index < -0.39 is 0 Å². The Hall–Kier alpha value is -2.40. The molecule has 0 spiro atoms. The van der Waals surface area contributed by atoms with Crippen molar-refractivity contribution in [1.29, 1.82) is 0 Å². The van der Waals surface area contributed by atoms with E-state index in [1.807, 2.05) is 65.6 Å². The van der Waals surface area contributed by atoms with Crippen molar-refractivity contribution in [1.82, 2.24) is 15.1 Å². The van der Waals surface area contributed by atoms with Crippen LogP contribution >= 0.6 is 11.3 Å². The first-order valence-electron chi connectivity index (χ1n) is 7.13. The highest BCUT2D eigenvalue weighted by atomic mass is 32.1. The number of nitrogens with one attached hydrogen (secondary N) is 1. The monoisotopic (exact) mass is 311 g/mol. The van der Waals surface area contributed by atoms with Gasteiger partial charge < -0.3 is 5.32 Å². The summed E-state index contributed by atoms with van der Waals surface area (Å²) in [6.07, 6.45) is 3.66. The van der Waals surface area contributed by atoms with Gasteiger partial charge in [-0.15, -0.1) is 11.3 Å². The average molecular weight is 311 g/mol. The maximum atomic E-state index is 12.4. The number of carbonyl (C=O) groups is 1. The summed E-state index contributed by atoms with van der Waals surface area (Å²) in [4.78, 5) is 13.5. The quantitative estimate of drug-likeness (QED) is 0.784. The molecule has 112 valence electrons. The molecule has 0 aliphatic heterocycles. The van der Waals surface area contributed by atoms with Crippen molar-refractivity contribution < 1.29 is 4.79 Å². The van der Waals surface area contributed by atoms with Gasteiger partial charge in [0.1, 0.15) is 0 Å². The summed E-state index contributed by atoms with van der Waals surface area (Å²) in [6, 6.07) is 13.6. The van der Waals surface area contributed by atoms with E-state index in [-0.39, 0.29) is 11.9 Å². The lowest BCUT2D eigenvalue weighted by molar-refractivity contribution is 0.0940. The highest BCUT2D eigenvalue weighted by molar-refractivity contribution is 7.10. The van der Waals surface area contributed by atoms with E-state index in [9.17, 15) is 4.79 Å². The van der Waals surface area contributed by atoms with Gasteiger partial charge in [0.2, 0.25) is 0 Å². The molecule has 2 aromatic heterocycles. The molecule has 0 saturated heterocycles. The Morgan fingerprint density at radius 1 is 1.32 bits per heavy atom. The summed E-state index contributed by atoms with van der Waals surface area (Å²) in [6.45, 7) is 2.66. The minimum absolute atomic E-state index is 0.0160. The molecule has 2 heterocycles. The van der Waals surface area contributed by atoms with Gasteiger partial charge in [0.15, 0.2) is 0 Å². The third-order valence-corrected chi connectivity index (χ3v) is 4.47. The molecule has 0 fully saturated rings. The number of carbonyl (C=O) groups excluding carboxylic acids is 1. The molecule has 0 bridgehead atoms. The third kappa shape index (κ3) is 3.43. The maximum Gasteiger partial charge on any atom is 0.251 e. The Labute approximate surface area is 133 Å². The van der Waals surface area contributed by atoms with Gasteiger partial charge >= 0.3 is 0 Å². The Balaban J connectivity index is 1.70. The lowest BCUT2D eigenvalue weighted by Crippen LogP contribution is -2.26. The van der Waals surface area contributed by atoms with Gasteiger partial charge in [-0.3, -0.25) is 9.48 Å². The molecule has 5 heteroatoms. The van der Waals surface area contributed by atoms with E-state index in [0.29, 0.717) is 12.1 Å². The second-order valence-electron chi connectivity index (χ2n) is 5.11. The zero-order chi connectivity index (χ0) is 15.4. The maximum absolute atomic E-state index is 12.4. The zero-order valence-electron chi connectivity index (χ0n) is 12.3. The zero-order valence-corrected chi connectivity index (χ0v) is 13.1. The van der Waals surface area contributed by atoms with Crippen molar-refractivity contribution in [3.8, 4) is 0 Å². The molecule has 0 saturated carbocycles. The van der Waals surface area contributed by atoms with Crippen LogP contribution in [0.1, 0.15) is 33.8 Å². The second-order valence-corrected chi connectivity index (χ2v) is 6.09. The fourth-order valence-corrected chi connectivity index (χ4v) is 3.02.